The Bertz CT molecular complexity index is 991. The van der Waals surface area contributed by atoms with Crippen LogP contribution in [-0.4, -0.2) is 49.3 Å². The summed E-state index contributed by atoms with van der Waals surface area (Å²) in [6.07, 6.45) is 4.06. The number of hydrogen-bond donors (Lipinski definition) is 3. The lowest BCUT2D eigenvalue weighted by atomic mass is 10.0. The molecule has 2 amide bonds. The van der Waals surface area contributed by atoms with Gasteiger partial charge in [-0.25, -0.2) is 8.42 Å². The average molecular weight is 389 g/mol. The van der Waals surface area contributed by atoms with E-state index in [2.05, 4.69) is 15.6 Å². The topological polar surface area (TPSA) is 108 Å². The van der Waals surface area contributed by atoms with E-state index in [-0.39, 0.29) is 29.4 Å². The fourth-order valence-corrected chi connectivity index (χ4v) is 5.41. The van der Waals surface area contributed by atoms with Crippen molar-refractivity contribution in [3.63, 3.8) is 0 Å². The highest BCUT2D eigenvalue weighted by molar-refractivity contribution is 7.91. The van der Waals surface area contributed by atoms with E-state index < -0.39 is 15.3 Å². The summed E-state index contributed by atoms with van der Waals surface area (Å²) in [5.41, 5.74) is 1.16. The Balaban J connectivity index is 1.32. The van der Waals surface area contributed by atoms with Crippen LogP contribution in [0, 0.1) is 5.41 Å². The molecule has 0 spiro atoms. The van der Waals surface area contributed by atoms with Gasteiger partial charge in [0.2, 0.25) is 11.8 Å². The standard InChI is InChI=1S/C19H23N3O4S/c23-17(20-9-5-13-11-21-16-4-2-1-3-15(13)16)19(7-8-19)18(24)22-14-6-10-27(25,26)12-14/h1-4,11,14,21H,5-10,12H2,(H,20,23)(H,22,24). The number of aromatic nitrogens is 1. The molecule has 1 aromatic carbocycles. The van der Waals surface area contributed by atoms with E-state index in [0.29, 0.717) is 32.2 Å². The maximum atomic E-state index is 12.6. The van der Waals surface area contributed by atoms with Crippen molar-refractivity contribution in [2.75, 3.05) is 18.1 Å². The monoisotopic (exact) mass is 389 g/mol. The third-order valence-corrected chi connectivity index (χ3v) is 7.31. The molecule has 1 saturated carbocycles. The summed E-state index contributed by atoms with van der Waals surface area (Å²) in [6, 6.07) is 7.61. The van der Waals surface area contributed by atoms with E-state index in [1.165, 1.54) is 0 Å². The second kappa shape index (κ2) is 6.67. The van der Waals surface area contributed by atoms with Gasteiger partial charge in [-0.15, -0.1) is 0 Å². The smallest absolute Gasteiger partial charge is 0.235 e. The molecule has 0 radical (unpaired) electrons. The van der Waals surface area contributed by atoms with E-state index >= 15 is 0 Å². The number of hydrogen-bond acceptors (Lipinski definition) is 4. The first kappa shape index (κ1) is 18.0. The number of sulfone groups is 1. The number of para-hydroxylation sites is 1. The number of H-pyrrole nitrogens is 1. The van der Waals surface area contributed by atoms with Gasteiger partial charge in [-0.05, 0) is 37.3 Å². The van der Waals surface area contributed by atoms with Gasteiger partial charge in [0.15, 0.2) is 9.84 Å². The number of amides is 2. The minimum Gasteiger partial charge on any atom is -0.361 e. The number of carbonyl (C=O) groups is 2. The Morgan fingerprint density at radius 1 is 1.19 bits per heavy atom. The first-order valence-corrected chi connectivity index (χ1v) is 11.1. The number of carbonyl (C=O) groups excluding carboxylic acids is 2. The van der Waals surface area contributed by atoms with Crippen LogP contribution in [-0.2, 0) is 25.8 Å². The Labute approximate surface area is 157 Å². The van der Waals surface area contributed by atoms with Crippen LogP contribution in [0.2, 0.25) is 0 Å². The molecule has 4 rings (SSSR count). The molecule has 1 saturated heterocycles. The van der Waals surface area contributed by atoms with Crippen LogP contribution < -0.4 is 10.6 Å². The van der Waals surface area contributed by atoms with Gasteiger partial charge in [0.1, 0.15) is 5.41 Å². The third-order valence-electron chi connectivity index (χ3n) is 5.54. The molecule has 27 heavy (non-hydrogen) atoms. The van der Waals surface area contributed by atoms with Gasteiger partial charge < -0.3 is 15.6 Å². The number of benzene rings is 1. The predicted octanol–water partition coefficient (Wildman–Crippen LogP) is 0.910. The molecule has 1 aliphatic heterocycles. The van der Waals surface area contributed by atoms with Gasteiger partial charge in [0, 0.05) is 29.7 Å². The molecule has 7 nitrogen and oxygen atoms in total. The van der Waals surface area contributed by atoms with Crippen molar-refractivity contribution in [2.24, 2.45) is 5.41 Å². The van der Waals surface area contributed by atoms with Gasteiger partial charge in [-0.3, -0.25) is 9.59 Å². The van der Waals surface area contributed by atoms with Crippen LogP contribution >= 0.6 is 0 Å². The molecule has 1 atom stereocenters. The molecule has 1 aromatic heterocycles. The zero-order chi connectivity index (χ0) is 19.1. The highest BCUT2D eigenvalue weighted by Crippen LogP contribution is 2.46. The fourth-order valence-electron chi connectivity index (χ4n) is 3.73. The number of fused-ring (bicyclic) bond motifs is 1. The lowest BCUT2D eigenvalue weighted by Gasteiger charge is -2.18. The second-order valence-corrected chi connectivity index (χ2v) is 9.75. The van der Waals surface area contributed by atoms with Gasteiger partial charge in [0.25, 0.3) is 0 Å². The van der Waals surface area contributed by atoms with Crippen LogP contribution in [0.1, 0.15) is 24.8 Å². The minimum atomic E-state index is -3.06. The van der Waals surface area contributed by atoms with E-state index in [4.69, 9.17) is 0 Å². The maximum Gasteiger partial charge on any atom is 0.235 e. The molecule has 2 heterocycles. The summed E-state index contributed by atoms with van der Waals surface area (Å²) in [4.78, 5) is 28.3. The SMILES string of the molecule is O=C(NCCc1c[nH]c2ccccc12)C1(C(=O)NC2CCS(=O)(=O)C2)CC1. The zero-order valence-corrected chi connectivity index (χ0v) is 15.8. The molecule has 1 unspecified atom stereocenters. The quantitative estimate of drug-likeness (QED) is 0.638. The molecule has 3 N–H and O–H groups in total. The molecule has 2 aliphatic rings. The van der Waals surface area contributed by atoms with Gasteiger partial charge in [-0.1, -0.05) is 18.2 Å². The van der Waals surface area contributed by atoms with Crippen LogP contribution in [0.4, 0.5) is 0 Å². The lowest BCUT2D eigenvalue weighted by Crippen LogP contribution is -2.47. The minimum absolute atomic E-state index is 0.0308. The van der Waals surface area contributed by atoms with Crippen molar-refractivity contribution in [1.82, 2.24) is 15.6 Å². The van der Waals surface area contributed by atoms with E-state index in [1.54, 1.807) is 0 Å². The van der Waals surface area contributed by atoms with Crippen molar-refractivity contribution < 1.29 is 18.0 Å². The summed E-state index contributed by atoms with van der Waals surface area (Å²) >= 11 is 0. The van der Waals surface area contributed by atoms with Gasteiger partial charge >= 0.3 is 0 Å². The maximum absolute atomic E-state index is 12.6. The molecule has 8 heteroatoms. The van der Waals surface area contributed by atoms with E-state index in [0.717, 1.165) is 16.5 Å². The highest BCUT2D eigenvalue weighted by Gasteiger charge is 2.56. The van der Waals surface area contributed by atoms with Gasteiger partial charge in [0.05, 0.1) is 11.5 Å². The Kier molecular flexibility index (Phi) is 4.46. The van der Waals surface area contributed by atoms with Crippen LogP contribution in [0.25, 0.3) is 10.9 Å². The van der Waals surface area contributed by atoms with Crippen molar-refractivity contribution >= 4 is 32.6 Å². The van der Waals surface area contributed by atoms with Crippen molar-refractivity contribution in [1.29, 1.82) is 0 Å². The van der Waals surface area contributed by atoms with E-state index in [9.17, 15) is 18.0 Å². The normalized spacial score (nSPS) is 22.4. The largest absolute Gasteiger partial charge is 0.361 e. The second-order valence-electron chi connectivity index (χ2n) is 7.52. The Morgan fingerprint density at radius 2 is 1.96 bits per heavy atom. The molecule has 144 valence electrons. The van der Waals surface area contributed by atoms with Crippen molar-refractivity contribution in [2.45, 2.75) is 31.7 Å². The molecular weight excluding hydrogens is 366 g/mol. The summed E-state index contributed by atoms with van der Waals surface area (Å²) < 4.78 is 23.1. The number of aromatic amines is 1. The average Bonchev–Trinajstić information content (AvgIpc) is 3.26. The number of rotatable bonds is 6. The Hall–Kier alpha value is -2.35. The fraction of sp³-hybridized carbons (Fsp3) is 0.474. The predicted molar refractivity (Wildman–Crippen MR) is 102 cm³/mol. The Morgan fingerprint density at radius 3 is 2.67 bits per heavy atom. The third kappa shape index (κ3) is 3.58. The molecule has 2 aromatic rings. The van der Waals surface area contributed by atoms with Crippen LogP contribution in [0.5, 0.6) is 0 Å². The summed E-state index contributed by atoms with van der Waals surface area (Å²) in [6.45, 7) is 0.452. The summed E-state index contributed by atoms with van der Waals surface area (Å²) in [5, 5.41) is 6.77. The lowest BCUT2D eigenvalue weighted by molar-refractivity contribution is -0.137. The van der Waals surface area contributed by atoms with Crippen LogP contribution in [0.15, 0.2) is 30.5 Å². The van der Waals surface area contributed by atoms with Crippen LogP contribution in [0.3, 0.4) is 0 Å². The highest BCUT2D eigenvalue weighted by atomic mass is 32.2. The van der Waals surface area contributed by atoms with Gasteiger partial charge in [-0.2, -0.15) is 0 Å². The summed E-state index contributed by atoms with van der Waals surface area (Å²) in [5.74, 6) is -0.534. The molecule has 1 aliphatic carbocycles. The zero-order valence-electron chi connectivity index (χ0n) is 15.0. The molecular formula is C19H23N3O4S. The van der Waals surface area contributed by atoms with Crippen molar-refractivity contribution in [3.8, 4) is 0 Å². The first-order valence-electron chi connectivity index (χ1n) is 9.24. The summed E-state index contributed by atoms with van der Waals surface area (Å²) in [7, 11) is -3.06. The van der Waals surface area contributed by atoms with E-state index in [1.807, 2.05) is 30.5 Å². The molecule has 2 fully saturated rings. The number of nitrogens with one attached hydrogen (secondary N) is 3. The van der Waals surface area contributed by atoms with Crippen molar-refractivity contribution in [3.05, 3.63) is 36.0 Å². The molecule has 0 bridgehead atoms. The first-order chi connectivity index (χ1) is 12.9.